The van der Waals surface area contributed by atoms with E-state index in [1.807, 2.05) is 0 Å². The van der Waals surface area contributed by atoms with Crippen LogP contribution in [0, 0.1) is 23.5 Å². The van der Waals surface area contributed by atoms with Gasteiger partial charge in [0.2, 0.25) is 0 Å². The van der Waals surface area contributed by atoms with Gasteiger partial charge in [-0.2, -0.15) is 6.07 Å². The van der Waals surface area contributed by atoms with Crippen LogP contribution in [0.5, 0.6) is 0 Å². The van der Waals surface area contributed by atoms with Crippen LogP contribution in [0.15, 0.2) is 12.1 Å². The standard InChI is InChI=1S/C6H2F3.BH3O3.K/c7-4-2-1-3-5(8)6(4)9;2-1(3)4;/h2-3H;2-4H;/q-1;;+1. The molecule has 8 heteroatoms. The van der Waals surface area contributed by atoms with E-state index in [0.717, 1.165) is 12.1 Å². The Morgan fingerprint density at radius 3 is 1.50 bits per heavy atom. The van der Waals surface area contributed by atoms with E-state index in [1.165, 1.54) is 0 Å². The van der Waals surface area contributed by atoms with Gasteiger partial charge in [-0.05, 0) is 0 Å². The smallest absolute Gasteiger partial charge is 0.402 e. The van der Waals surface area contributed by atoms with Gasteiger partial charge in [-0.25, -0.2) is 4.39 Å². The second-order valence-electron chi connectivity index (χ2n) is 1.81. The Bertz CT molecular complexity index is 251. The number of hydrogen-bond acceptors (Lipinski definition) is 3. The second kappa shape index (κ2) is 8.86. The molecule has 0 spiro atoms. The first-order valence-electron chi connectivity index (χ1n) is 3.00. The molecule has 0 saturated heterocycles. The van der Waals surface area contributed by atoms with Gasteiger partial charge >= 0.3 is 58.7 Å². The van der Waals surface area contributed by atoms with E-state index < -0.39 is 24.8 Å². The summed E-state index contributed by atoms with van der Waals surface area (Å²) in [6.45, 7) is 0. The van der Waals surface area contributed by atoms with Crippen molar-refractivity contribution < 1.29 is 79.6 Å². The van der Waals surface area contributed by atoms with Crippen LogP contribution in [-0.2, 0) is 0 Å². The Labute approximate surface area is 121 Å². The third kappa shape index (κ3) is 7.95. The Morgan fingerprint density at radius 1 is 1.00 bits per heavy atom. The minimum atomic E-state index is -2.17. The summed E-state index contributed by atoms with van der Waals surface area (Å²) < 4.78 is 35.8. The summed E-state index contributed by atoms with van der Waals surface area (Å²) in [7, 11) is -2.17. The average Bonchev–Trinajstić information content (AvgIpc) is 1.99. The molecule has 14 heavy (non-hydrogen) atoms. The third-order valence-electron chi connectivity index (χ3n) is 0.839. The SMILES string of the molecule is Fc1c[c-]cc(F)c1F.OB(O)O.[K+]. The minimum absolute atomic E-state index is 0. The maximum Gasteiger partial charge on any atom is 1.00 e. The van der Waals surface area contributed by atoms with Crippen molar-refractivity contribution >= 4 is 7.32 Å². The van der Waals surface area contributed by atoms with Crippen molar-refractivity contribution in [3.8, 4) is 0 Å². The fourth-order valence-corrected chi connectivity index (χ4v) is 0.429. The van der Waals surface area contributed by atoms with Gasteiger partial charge in [0.25, 0.3) is 0 Å². The Kier molecular flexibility index (Phi) is 10.8. The molecule has 0 amide bonds. The van der Waals surface area contributed by atoms with Crippen molar-refractivity contribution in [2.45, 2.75) is 0 Å². The predicted molar refractivity (Wildman–Crippen MR) is 37.6 cm³/mol. The van der Waals surface area contributed by atoms with Gasteiger partial charge in [-0.3, -0.25) is 8.78 Å². The van der Waals surface area contributed by atoms with E-state index in [0.29, 0.717) is 0 Å². The molecule has 0 atom stereocenters. The molecule has 0 saturated carbocycles. The summed E-state index contributed by atoms with van der Waals surface area (Å²) in [4.78, 5) is 0. The molecule has 1 rings (SSSR count). The molecule has 3 N–H and O–H groups in total. The zero-order valence-electron chi connectivity index (χ0n) is 7.21. The molecule has 72 valence electrons. The quantitative estimate of drug-likeness (QED) is 0.251. The second-order valence-corrected chi connectivity index (χ2v) is 1.81. The van der Waals surface area contributed by atoms with E-state index >= 15 is 0 Å². The summed E-state index contributed by atoms with van der Waals surface area (Å²) in [5.74, 6) is -3.88. The van der Waals surface area contributed by atoms with Crippen molar-refractivity contribution in [3.05, 3.63) is 35.7 Å². The normalized spacial score (nSPS) is 8.14. The molecule has 0 heterocycles. The van der Waals surface area contributed by atoms with E-state index in [4.69, 9.17) is 15.1 Å². The monoisotopic (exact) mass is 232 g/mol. The van der Waals surface area contributed by atoms with Crippen molar-refractivity contribution in [3.63, 3.8) is 0 Å². The molecule has 0 aliphatic carbocycles. The fraction of sp³-hybridized carbons (Fsp3) is 0. The molecular weight excluding hydrogens is 227 g/mol. The molecule has 0 aromatic heterocycles. The van der Waals surface area contributed by atoms with Crippen LogP contribution < -0.4 is 51.4 Å². The van der Waals surface area contributed by atoms with Gasteiger partial charge in [0.1, 0.15) is 0 Å². The Morgan fingerprint density at radius 2 is 1.29 bits per heavy atom. The molecule has 1 aromatic carbocycles. The first-order valence-corrected chi connectivity index (χ1v) is 3.00. The van der Waals surface area contributed by atoms with Crippen LogP contribution in [-0.4, -0.2) is 22.4 Å². The van der Waals surface area contributed by atoms with Gasteiger partial charge in [0.15, 0.2) is 0 Å². The zero-order chi connectivity index (χ0) is 10.4. The van der Waals surface area contributed by atoms with Gasteiger partial charge in [0, 0.05) is 11.6 Å². The number of halogens is 3. The summed E-state index contributed by atoms with van der Waals surface area (Å²) in [5, 5.41) is 21.5. The maximum absolute atomic E-state index is 12.0. The molecule has 0 aliphatic heterocycles. The maximum atomic E-state index is 12.0. The third-order valence-corrected chi connectivity index (χ3v) is 0.839. The topological polar surface area (TPSA) is 60.7 Å². The molecule has 0 aliphatic rings. The van der Waals surface area contributed by atoms with Crippen LogP contribution in [0.25, 0.3) is 0 Å². The van der Waals surface area contributed by atoms with Crippen LogP contribution in [0.3, 0.4) is 0 Å². The zero-order valence-corrected chi connectivity index (χ0v) is 10.3. The molecule has 0 radical (unpaired) electrons. The van der Waals surface area contributed by atoms with Crippen LogP contribution in [0.1, 0.15) is 0 Å². The molecular formula is C6H5BF3KO3. The average molecular weight is 232 g/mol. The van der Waals surface area contributed by atoms with E-state index in [2.05, 4.69) is 6.07 Å². The van der Waals surface area contributed by atoms with E-state index in [1.54, 1.807) is 0 Å². The Balaban J connectivity index is 0. The molecule has 3 nitrogen and oxygen atoms in total. The molecule has 0 unspecified atom stereocenters. The van der Waals surface area contributed by atoms with Gasteiger partial charge in [-0.15, -0.1) is 12.1 Å². The summed E-state index contributed by atoms with van der Waals surface area (Å²) in [6.07, 6.45) is 0. The van der Waals surface area contributed by atoms with Crippen molar-refractivity contribution in [2.75, 3.05) is 0 Å². The number of rotatable bonds is 0. The summed E-state index contributed by atoms with van der Waals surface area (Å²) >= 11 is 0. The van der Waals surface area contributed by atoms with Crippen LogP contribution in [0.4, 0.5) is 13.2 Å². The van der Waals surface area contributed by atoms with Gasteiger partial charge < -0.3 is 15.1 Å². The minimum Gasteiger partial charge on any atom is -0.402 e. The number of hydrogen-bond donors (Lipinski definition) is 3. The van der Waals surface area contributed by atoms with Crippen molar-refractivity contribution in [1.82, 2.24) is 0 Å². The first-order chi connectivity index (χ1) is 5.95. The summed E-state index contributed by atoms with van der Waals surface area (Å²) in [6, 6.07) is 3.55. The van der Waals surface area contributed by atoms with E-state index in [-0.39, 0.29) is 51.4 Å². The van der Waals surface area contributed by atoms with E-state index in [9.17, 15) is 13.2 Å². The van der Waals surface area contributed by atoms with Gasteiger partial charge in [0.05, 0.1) is 5.82 Å². The van der Waals surface area contributed by atoms with Crippen molar-refractivity contribution in [1.29, 1.82) is 0 Å². The first kappa shape index (κ1) is 17.0. The van der Waals surface area contributed by atoms with Crippen LogP contribution in [0.2, 0.25) is 0 Å². The molecule has 0 fully saturated rings. The molecule has 0 bridgehead atoms. The van der Waals surface area contributed by atoms with Crippen molar-refractivity contribution in [2.24, 2.45) is 0 Å². The largest absolute Gasteiger partial charge is 1.00 e. The molecule has 1 aromatic rings. The Hall–Kier alpha value is 0.591. The predicted octanol–water partition coefficient (Wildman–Crippen LogP) is -3.14. The van der Waals surface area contributed by atoms with Gasteiger partial charge in [-0.1, -0.05) is 0 Å². The number of benzene rings is 1. The van der Waals surface area contributed by atoms with Crippen LogP contribution >= 0.6 is 0 Å². The fourth-order valence-electron chi connectivity index (χ4n) is 0.429. The summed E-state index contributed by atoms with van der Waals surface area (Å²) in [5.41, 5.74) is 0.